The van der Waals surface area contributed by atoms with Gasteiger partial charge in [0.15, 0.2) is 0 Å². The molecule has 4 nitrogen and oxygen atoms in total. The molecule has 16 heavy (non-hydrogen) atoms. The number of carbonyl (C=O) groups excluding carboxylic acids is 1. The van der Waals surface area contributed by atoms with E-state index >= 15 is 0 Å². The molecule has 5 heteroatoms. The van der Waals surface area contributed by atoms with Gasteiger partial charge in [0, 0.05) is 29.0 Å². The topological polar surface area (TPSA) is 70.9 Å². The molecule has 0 saturated carbocycles. The minimum atomic E-state index is -0.169. The fourth-order valence-electron chi connectivity index (χ4n) is 1.52. The summed E-state index contributed by atoms with van der Waals surface area (Å²) in [4.78, 5) is 14.7. The molecule has 2 aromatic rings. The van der Waals surface area contributed by atoms with Crippen molar-refractivity contribution in [1.29, 1.82) is 0 Å². The maximum Gasteiger partial charge on any atom is 0.267 e. The van der Waals surface area contributed by atoms with Gasteiger partial charge in [-0.1, -0.05) is 17.7 Å². The van der Waals surface area contributed by atoms with Crippen molar-refractivity contribution in [2.75, 3.05) is 13.1 Å². The van der Waals surface area contributed by atoms with Gasteiger partial charge in [-0.3, -0.25) is 4.79 Å². The Kier molecular flexibility index (Phi) is 3.12. The number of hydrogen-bond donors (Lipinski definition) is 3. The van der Waals surface area contributed by atoms with E-state index < -0.39 is 0 Å². The Labute approximate surface area is 97.8 Å². The van der Waals surface area contributed by atoms with Crippen molar-refractivity contribution in [1.82, 2.24) is 10.3 Å². The number of nitrogens with one attached hydrogen (secondary N) is 2. The fourth-order valence-corrected chi connectivity index (χ4v) is 1.75. The molecule has 1 heterocycles. The number of carbonyl (C=O) groups is 1. The van der Waals surface area contributed by atoms with Gasteiger partial charge in [-0.05, 0) is 18.2 Å². The second-order valence-electron chi connectivity index (χ2n) is 3.43. The van der Waals surface area contributed by atoms with Gasteiger partial charge < -0.3 is 16.0 Å². The number of hydrogen-bond acceptors (Lipinski definition) is 2. The predicted octanol–water partition coefficient (Wildman–Crippen LogP) is 1.51. The monoisotopic (exact) mass is 237 g/mol. The first-order valence-corrected chi connectivity index (χ1v) is 5.35. The lowest BCUT2D eigenvalue weighted by molar-refractivity contribution is 0.0950. The van der Waals surface area contributed by atoms with E-state index in [1.165, 1.54) is 0 Å². The van der Waals surface area contributed by atoms with Crippen LogP contribution < -0.4 is 11.1 Å². The van der Waals surface area contributed by atoms with Gasteiger partial charge in [-0.15, -0.1) is 0 Å². The molecule has 2 rings (SSSR count). The van der Waals surface area contributed by atoms with Crippen LogP contribution in [0.3, 0.4) is 0 Å². The molecule has 0 atom stereocenters. The highest BCUT2D eigenvalue weighted by atomic mass is 35.5. The van der Waals surface area contributed by atoms with Gasteiger partial charge >= 0.3 is 0 Å². The summed E-state index contributed by atoms with van der Waals surface area (Å²) in [5.41, 5.74) is 6.66. The summed E-state index contributed by atoms with van der Waals surface area (Å²) in [7, 11) is 0. The quantitative estimate of drug-likeness (QED) is 0.757. The highest BCUT2D eigenvalue weighted by Crippen LogP contribution is 2.23. The molecule has 0 radical (unpaired) electrons. The Morgan fingerprint density at radius 3 is 3.00 bits per heavy atom. The average Bonchev–Trinajstić information content (AvgIpc) is 2.71. The maximum absolute atomic E-state index is 11.6. The van der Waals surface area contributed by atoms with Crippen LogP contribution in [0.25, 0.3) is 10.9 Å². The first-order valence-electron chi connectivity index (χ1n) is 4.98. The summed E-state index contributed by atoms with van der Waals surface area (Å²) in [5, 5.41) is 4.17. The second kappa shape index (κ2) is 4.55. The molecule has 4 N–H and O–H groups in total. The first-order chi connectivity index (χ1) is 7.72. The number of H-pyrrole nitrogens is 1. The van der Waals surface area contributed by atoms with Gasteiger partial charge in [0.1, 0.15) is 5.69 Å². The van der Waals surface area contributed by atoms with Crippen molar-refractivity contribution in [3.05, 3.63) is 35.0 Å². The molecule has 0 unspecified atom stereocenters. The van der Waals surface area contributed by atoms with Crippen LogP contribution in [0.1, 0.15) is 10.5 Å². The number of fused-ring (bicyclic) bond motifs is 1. The van der Waals surface area contributed by atoms with E-state index in [1.54, 1.807) is 12.1 Å². The zero-order chi connectivity index (χ0) is 11.5. The summed E-state index contributed by atoms with van der Waals surface area (Å²) < 4.78 is 0. The van der Waals surface area contributed by atoms with Crippen LogP contribution in [0.4, 0.5) is 0 Å². The number of aromatic nitrogens is 1. The lowest BCUT2D eigenvalue weighted by Crippen LogP contribution is -2.29. The minimum Gasteiger partial charge on any atom is -0.350 e. The Bertz CT molecular complexity index is 521. The summed E-state index contributed by atoms with van der Waals surface area (Å²) in [6, 6.07) is 7.24. The molecule has 0 aliphatic heterocycles. The summed E-state index contributed by atoms with van der Waals surface area (Å²) >= 11 is 6.01. The summed E-state index contributed by atoms with van der Waals surface area (Å²) in [6.07, 6.45) is 0. The molecule has 1 aromatic heterocycles. The number of nitrogens with two attached hydrogens (primary N) is 1. The van der Waals surface area contributed by atoms with E-state index in [0.29, 0.717) is 23.8 Å². The van der Waals surface area contributed by atoms with Crippen molar-refractivity contribution in [3.8, 4) is 0 Å². The smallest absolute Gasteiger partial charge is 0.267 e. The number of halogens is 1. The van der Waals surface area contributed by atoms with Crippen LogP contribution >= 0.6 is 11.6 Å². The van der Waals surface area contributed by atoms with Crippen LogP contribution in [0.15, 0.2) is 24.3 Å². The van der Waals surface area contributed by atoms with Crippen LogP contribution in [0.2, 0.25) is 5.02 Å². The third-order valence-electron chi connectivity index (χ3n) is 2.29. The van der Waals surface area contributed by atoms with Crippen LogP contribution in [0, 0.1) is 0 Å². The molecule has 1 aromatic carbocycles. The highest BCUT2D eigenvalue weighted by molar-refractivity contribution is 6.35. The van der Waals surface area contributed by atoms with Crippen molar-refractivity contribution >= 4 is 28.4 Å². The molecule has 84 valence electrons. The van der Waals surface area contributed by atoms with Crippen molar-refractivity contribution in [3.63, 3.8) is 0 Å². The summed E-state index contributed by atoms with van der Waals surface area (Å²) in [5.74, 6) is -0.169. The Balaban J connectivity index is 2.32. The van der Waals surface area contributed by atoms with E-state index in [4.69, 9.17) is 17.3 Å². The van der Waals surface area contributed by atoms with Crippen LogP contribution in [-0.4, -0.2) is 24.0 Å². The molecule has 0 spiro atoms. The third kappa shape index (κ3) is 2.03. The third-order valence-corrected chi connectivity index (χ3v) is 2.62. The fraction of sp³-hybridized carbons (Fsp3) is 0.182. The molecule has 0 saturated heterocycles. The Morgan fingerprint density at radius 2 is 2.31 bits per heavy atom. The van der Waals surface area contributed by atoms with Gasteiger partial charge in [0.25, 0.3) is 5.91 Å². The number of benzene rings is 1. The molecule has 0 aliphatic rings. The Morgan fingerprint density at radius 1 is 1.50 bits per heavy atom. The molecule has 1 amide bonds. The lowest BCUT2D eigenvalue weighted by atomic mass is 10.2. The standard InChI is InChI=1S/C11H12ClN3O/c12-8-2-1-3-9-7(8)6-10(15-9)11(16)14-5-4-13/h1-3,6,15H,4-5,13H2,(H,14,16). The van der Waals surface area contributed by atoms with Crippen LogP contribution in [-0.2, 0) is 0 Å². The van der Waals surface area contributed by atoms with Gasteiger partial charge in [-0.2, -0.15) is 0 Å². The van der Waals surface area contributed by atoms with E-state index in [0.717, 1.165) is 10.9 Å². The van der Waals surface area contributed by atoms with Gasteiger partial charge in [0.05, 0.1) is 0 Å². The highest BCUT2D eigenvalue weighted by Gasteiger charge is 2.09. The van der Waals surface area contributed by atoms with Crippen LogP contribution in [0.5, 0.6) is 0 Å². The van der Waals surface area contributed by atoms with E-state index in [9.17, 15) is 4.79 Å². The molecular weight excluding hydrogens is 226 g/mol. The first kappa shape index (κ1) is 11.0. The number of aromatic amines is 1. The zero-order valence-corrected chi connectivity index (χ0v) is 9.34. The minimum absolute atomic E-state index is 0.169. The predicted molar refractivity (Wildman–Crippen MR) is 64.7 cm³/mol. The van der Waals surface area contributed by atoms with E-state index in [1.807, 2.05) is 12.1 Å². The lowest BCUT2D eigenvalue weighted by Gasteiger charge is -1.99. The average molecular weight is 238 g/mol. The second-order valence-corrected chi connectivity index (χ2v) is 3.84. The molecule has 0 bridgehead atoms. The zero-order valence-electron chi connectivity index (χ0n) is 8.59. The van der Waals surface area contributed by atoms with Crippen molar-refractivity contribution in [2.45, 2.75) is 0 Å². The maximum atomic E-state index is 11.6. The molecule has 0 aliphatic carbocycles. The Hall–Kier alpha value is -1.52. The molecular formula is C11H12ClN3O. The van der Waals surface area contributed by atoms with E-state index in [2.05, 4.69) is 10.3 Å². The number of amides is 1. The van der Waals surface area contributed by atoms with Gasteiger partial charge in [0.2, 0.25) is 0 Å². The normalized spacial score (nSPS) is 10.6. The SMILES string of the molecule is NCCNC(=O)c1cc2c(Cl)cccc2[nH]1. The molecule has 0 fully saturated rings. The van der Waals surface area contributed by atoms with Crippen molar-refractivity contribution < 1.29 is 4.79 Å². The number of rotatable bonds is 3. The van der Waals surface area contributed by atoms with E-state index in [-0.39, 0.29) is 5.91 Å². The summed E-state index contributed by atoms with van der Waals surface area (Å²) in [6.45, 7) is 0.884. The largest absolute Gasteiger partial charge is 0.350 e. The van der Waals surface area contributed by atoms with Gasteiger partial charge in [-0.25, -0.2) is 0 Å². The van der Waals surface area contributed by atoms with Crippen molar-refractivity contribution in [2.24, 2.45) is 5.73 Å².